The van der Waals surface area contributed by atoms with Gasteiger partial charge < -0.3 is 0 Å². The molecule has 0 N–H and O–H groups in total. The van der Waals surface area contributed by atoms with Crippen LogP contribution in [0.1, 0.15) is 25.7 Å². The van der Waals surface area contributed by atoms with Crippen molar-refractivity contribution in [1.82, 2.24) is 0 Å². The van der Waals surface area contributed by atoms with Gasteiger partial charge in [0.2, 0.25) is 0 Å². The molecule has 2 aliphatic carbocycles. The average molecular weight is 282 g/mol. The summed E-state index contributed by atoms with van der Waals surface area (Å²) in [6, 6.07) is 10.7. The first-order valence-corrected chi connectivity index (χ1v) is 8.39. The van der Waals surface area contributed by atoms with Crippen LogP contribution in [0.3, 0.4) is 0 Å². The fourth-order valence-electron chi connectivity index (χ4n) is 3.53. The number of benzene rings is 1. The quantitative estimate of drug-likeness (QED) is 0.644. The summed E-state index contributed by atoms with van der Waals surface area (Å²) in [6.45, 7) is 4.17. The van der Waals surface area contributed by atoms with Gasteiger partial charge in [0.1, 0.15) is 0 Å². The molecule has 2 aliphatic rings. The summed E-state index contributed by atoms with van der Waals surface area (Å²) in [4.78, 5) is 1.33. The molecule has 0 bridgehead atoms. The third kappa shape index (κ3) is 2.64. The van der Waals surface area contributed by atoms with Gasteiger partial charge in [-0.25, -0.2) is 0 Å². The van der Waals surface area contributed by atoms with Gasteiger partial charge >= 0.3 is 0 Å². The number of hydrogen-bond donors (Lipinski definition) is 0. The van der Waals surface area contributed by atoms with Crippen LogP contribution in [0.15, 0.2) is 72.2 Å². The second kappa shape index (κ2) is 6.05. The van der Waals surface area contributed by atoms with Crippen molar-refractivity contribution in [3.63, 3.8) is 0 Å². The zero-order chi connectivity index (χ0) is 13.8. The molecular weight excluding hydrogens is 260 g/mol. The molecule has 0 amide bonds. The van der Waals surface area contributed by atoms with E-state index >= 15 is 0 Å². The third-order valence-corrected chi connectivity index (χ3v) is 6.01. The molecule has 104 valence electrons. The van der Waals surface area contributed by atoms with E-state index in [0.717, 1.165) is 5.92 Å². The molecule has 1 heteroatoms. The lowest BCUT2D eigenvalue weighted by Gasteiger charge is -2.39. The highest BCUT2D eigenvalue weighted by Crippen LogP contribution is 2.49. The van der Waals surface area contributed by atoms with Gasteiger partial charge in [0.05, 0.1) is 4.75 Å². The topological polar surface area (TPSA) is 0 Å². The van der Waals surface area contributed by atoms with Crippen molar-refractivity contribution in [2.75, 3.05) is 0 Å². The largest absolute Gasteiger partial charge is 0.110 e. The molecule has 0 heterocycles. The summed E-state index contributed by atoms with van der Waals surface area (Å²) in [5.41, 5.74) is 0. The summed E-state index contributed by atoms with van der Waals surface area (Å²) >= 11 is 1.95. The van der Waals surface area contributed by atoms with Gasteiger partial charge in [-0.3, -0.25) is 0 Å². The van der Waals surface area contributed by atoms with E-state index in [4.69, 9.17) is 0 Å². The number of allylic oxidation sites excluding steroid dienone is 3. The molecule has 1 aromatic carbocycles. The molecule has 0 aromatic heterocycles. The van der Waals surface area contributed by atoms with Crippen molar-refractivity contribution in [3.8, 4) is 0 Å². The summed E-state index contributed by atoms with van der Waals surface area (Å²) in [6.07, 6.45) is 16.8. The minimum absolute atomic E-state index is 0.0190. The van der Waals surface area contributed by atoms with E-state index in [1.165, 1.54) is 30.6 Å². The van der Waals surface area contributed by atoms with Crippen LogP contribution in [-0.4, -0.2) is 4.75 Å². The van der Waals surface area contributed by atoms with E-state index in [2.05, 4.69) is 67.3 Å². The lowest BCUT2D eigenvalue weighted by molar-refractivity contribution is 0.379. The Kier molecular flexibility index (Phi) is 4.16. The maximum absolute atomic E-state index is 4.17. The monoisotopic (exact) mass is 282 g/mol. The number of rotatable bonds is 4. The van der Waals surface area contributed by atoms with Gasteiger partial charge in [0.15, 0.2) is 0 Å². The smallest absolute Gasteiger partial charge is 0.0631 e. The molecule has 1 fully saturated rings. The van der Waals surface area contributed by atoms with Crippen LogP contribution in [0.25, 0.3) is 0 Å². The fraction of sp³-hybridized carbons (Fsp3) is 0.368. The van der Waals surface area contributed by atoms with Crippen LogP contribution in [0.4, 0.5) is 0 Å². The second-order valence-corrected chi connectivity index (χ2v) is 7.17. The lowest BCUT2D eigenvalue weighted by atomic mass is 9.77. The Labute approximate surface area is 126 Å². The van der Waals surface area contributed by atoms with E-state index in [9.17, 15) is 0 Å². The summed E-state index contributed by atoms with van der Waals surface area (Å²) < 4.78 is 0.0190. The minimum Gasteiger partial charge on any atom is -0.110 e. The maximum Gasteiger partial charge on any atom is 0.0631 e. The molecule has 2 unspecified atom stereocenters. The Balaban J connectivity index is 1.89. The molecule has 0 nitrogen and oxygen atoms in total. The zero-order valence-electron chi connectivity index (χ0n) is 11.9. The molecule has 0 aliphatic heterocycles. The van der Waals surface area contributed by atoms with Crippen molar-refractivity contribution in [2.45, 2.75) is 35.3 Å². The summed E-state index contributed by atoms with van der Waals surface area (Å²) in [5.74, 6) is 1.39. The Hall–Kier alpha value is -1.21. The molecule has 20 heavy (non-hydrogen) atoms. The molecule has 0 saturated heterocycles. The van der Waals surface area contributed by atoms with Crippen molar-refractivity contribution < 1.29 is 0 Å². The second-order valence-electron chi connectivity index (χ2n) is 5.79. The molecular formula is C19H22S. The predicted molar refractivity (Wildman–Crippen MR) is 89.0 cm³/mol. The van der Waals surface area contributed by atoms with Gasteiger partial charge in [-0.05, 0) is 30.9 Å². The SMILES string of the molecule is C=CC1(Sc2ccccc2)C=CC=CC1C1CCCC1. The Morgan fingerprint density at radius 2 is 1.85 bits per heavy atom. The van der Waals surface area contributed by atoms with Gasteiger partial charge in [0.25, 0.3) is 0 Å². The molecule has 2 atom stereocenters. The summed E-state index contributed by atoms with van der Waals surface area (Å²) in [7, 11) is 0. The van der Waals surface area contributed by atoms with Crippen LogP contribution >= 0.6 is 11.8 Å². The number of hydrogen-bond acceptors (Lipinski definition) is 1. The van der Waals surface area contributed by atoms with Crippen molar-refractivity contribution in [3.05, 3.63) is 67.3 Å². The standard InChI is InChI=1S/C19H22S/c1-2-19(20-17-12-4-3-5-13-17)15-9-8-14-18(19)16-10-6-7-11-16/h2-5,8-9,12-16,18H,1,6-7,10-11H2. The van der Waals surface area contributed by atoms with Crippen molar-refractivity contribution in [1.29, 1.82) is 0 Å². The van der Waals surface area contributed by atoms with E-state index < -0.39 is 0 Å². The van der Waals surface area contributed by atoms with E-state index in [1.807, 2.05) is 11.8 Å². The van der Waals surface area contributed by atoms with E-state index in [0.29, 0.717) is 5.92 Å². The van der Waals surface area contributed by atoms with Crippen LogP contribution < -0.4 is 0 Å². The van der Waals surface area contributed by atoms with Crippen LogP contribution in [0.2, 0.25) is 0 Å². The highest BCUT2D eigenvalue weighted by atomic mass is 32.2. The van der Waals surface area contributed by atoms with Crippen molar-refractivity contribution >= 4 is 11.8 Å². The first-order chi connectivity index (χ1) is 9.84. The van der Waals surface area contributed by atoms with Gasteiger partial charge in [-0.1, -0.05) is 61.4 Å². The maximum atomic E-state index is 4.17. The number of thioether (sulfide) groups is 1. The van der Waals surface area contributed by atoms with Gasteiger partial charge in [-0.2, -0.15) is 0 Å². The Bertz CT molecular complexity index is 508. The molecule has 1 saturated carbocycles. The molecule has 0 spiro atoms. The van der Waals surface area contributed by atoms with Gasteiger partial charge in [0, 0.05) is 10.8 Å². The van der Waals surface area contributed by atoms with Crippen LogP contribution in [0, 0.1) is 11.8 Å². The Morgan fingerprint density at radius 3 is 2.55 bits per heavy atom. The molecule has 3 rings (SSSR count). The first kappa shape index (κ1) is 13.8. The zero-order valence-corrected chi connectivity index (χ0v) is 12.7. The molecule has 1 aromatic rings. The van der Waals surface area contributed by atoms with Gasteiger partial charge in [-0.15, -0.1) is 18.3 Å². The normalized spacial score (nSPS) is 29.7. The van der Waals surface area contributed by atoms with E-state index in [1.54, 1.807) is 0 Å². The highest BCUT2D eigenvalue weighted by molar-refractivity contribution is 8.01. The van der Waals surface area contributed by atoms with Crippen LogP contribution in [0.5, 0.6) is 0 Å². The predicted octanol–water partition coefficient (Wildman–Crippen LogP) is 5.64. The summed E-state index contributed by atoms with van der Waals surface area (Å²) in [5, 5.41) is 0. The Morgan fingerprint density at radius 1 is 1.10 bits per heavy atom. The lowest BCUT2D eigenvalue weighted by Crippen LogP contribution is -2.34. The molecule has 0 radical (unpaired) electrons. The van der Waals surface area contributed by atoms with Crippen LogP contribution in [-0.2, 0) is 0 Å². The average Bonchev–Trinajstić information content (AvgIpc) is 3.03. The van der Waals surface area contributed by atoms with Crippen molar-refractivity contribution in [2.24, 2.45) is 11.8 Å². The fourth-order valence-corrected chi connectivity index (χ4v) is 4.87. The van der Waals surface area contributed by atoms with E-state index in [-0.39, 0.29) is 4.75 Å². The minimum atomic E-state index is 0.0190. The third-order valence-electron chi connectivity index (χ3n) is 4.57. The highest BCUT2D eigenvalue weighted by Gasteiger charge is 2.40. The first-order valence-electron chi connectivity index (χ1n) is 7.58.